The molecule has 118 valence electrons. The van der Waals surface area contributed by atoms with Crippen molar-refractivity contribution in [2.75, 3.05) is 13.1 Å². The van der Waals surface area contributed by atoms with Crippen molar-refractivity contribution in [3.05, 3.63) is 29.8 Å². The van der Waals surface area contributed by atoms with Crippen molar-refractivity contribution in [2.45, 2.75) is 58.9 Å². The van der Waals surface area contributed by atoms with Crippen molar-refractivity contribution in [3.63, 3.8) is 0 Å². The van der Waals surface area contributed by atoms with Gasteiger partial charge in [0.15, 0.2) is 0 Å². The Balaban J connectivity index is 1.80. The summed E-state index contributed by atoms with van der Waals surface area (Å²) in [4.78, 5) is 2.68. The van der Waals surface area contributed by atoms with Crippen LogP contribution in [0.5, 0.6) is 5.75 Å². The Kier molecular flexibility index (Phi) is 6.10. The van der Waals surface area contributed by atoms with Gasteiger partial charge in [-0.05, 0) is 81.6 Å². The van der Waals surface area contributed by atoms with Crippen LogP contribution in [0.2, 0.25) is 0 Å². The molecule has 1 aliphatic rings. The predicted octanol–water partition coefficient (Wildman–Crippen LogP) is 4.47. The van der Waals surface area contributed by atoms with E-state index in [-0.39, 0.29) is 0 Å². The maximum absolute atomic E-state index is 9.33. The third-order valence-electron chi connectivity index (χ3n) is 5.16. The van der Waals surface area contributed by atoms with E-state index in [2.05, 4.69) is 25.7 Å². The number of aryl methyl sites for hydroxylation is 1. The van der Waals surface area contributed by atoms with Crippen molar-refractivity contribution < 1.29 is 5.11 Å². The van der Waals surface area contributed by atoms with Crippen molar-refractivity contribution in [1.82, 2.24) is 4.90 Å². The van der Waals surface area contributed by atoms with E-state index >= 15 is 0 Å². The van der Waals surface area contributed by atoms with Crippen LogP contribution in [0.25, 0.3) is 0 Å². The summed E-state index contributed by atoms with van der Waals surface area (Å²) in [7, 11) is 0. The van der Waals surface area contributed by atoms with E-state index in [1.807, 2.05) is 12.1 Å². The SMILES string of the molecule is CC(C)C1CCCN(C(C)CCc2ccc(O)cc2)CC1. The van der Waals surface area contributed by atoms with E-state index in [9.17, 15) is 5.11 Å². The summed E-state index contributed by atoms with van der Waals surface area (Å²) in [5.74, 6) is 2.11. The zero-order chi connectivity index (χ0) is 15.2. The third kappa shape index (κ3) is 5.03. The van der Waals surface area contributed by atoms with Crippen molar-refractivity contribution in [1.29, 1.82) is 0 Å². The lowest BCUT2D eigenvalue weighted by molar-refractivity contribution is 0.202. The van der Waals surface area contributed by atoms with E-state index < -0.39 is 0 Å². The van der Waals surface area contributed by atoms with Gasteiger partial charge in [-0.15, -0.1) is 0 Å². The molecule has 2 atom stereocenters. The molecule has 0 aliphatic carbocycles. The number of phenolic OH excluding ortho intramolecular Hbond substituents is 1. The van der Waals surface area contributed by atoms with Gasteiger partial charge < -0.3 is 10.0 Å². The van der Waals surface area contributed by atoms with Crippen LogP contribution in [0, 0.1) is 11.8 Å². The van der Waals surface area contributed by atoms with Gasteiger partial charge in [0.25, 0.3) is 0 Å². The number of likely N-dealkylation sites (tertiary alicyclic amines) is 1. The molecule has 0 bridgehead atoms. The predicted molar refractivity (Wildman–Crippen MR) is 89.6 cm³/mol. The Morgan fingerprint density at radius 1 is 1.10 bits per heavy atom. The molecule has 2 heteroatoms. The van der Waals surface area contributed by atoms with Crippen LogP contribution in [0.1, 0.15) is 52.0 Å². The number of rotatable bonds is 5. The number of nitrogens with zero attached hydrogens (tertiary/aromatic N) is 1. The molecule has 1 heterocycles. The first kappa shape index (κ1) is 16.4. The minimum Gasteiger partial charge on any atom is -0.508 e. The quantitative estimate of drug-likeness (QED) is 0.864. The molecular formula is C19H31NO. The lowest BCUT2D eigenvalue weighted by Gasteiger charge is -2.28. The van der Waals surface area contributed by atoms with Gasteiger partial charge >= 0.3 is 0 Å². The van der Waals surface area contributed by atoms with Crippen molar-refractivity contribution in [3.8, 4) is 5.75 Å². The lowest BCUT2D eigenvalue weighted by atomic mass is 9.89. The first-order valence-electron chi connectivity index (χ1n) is 8.58. The number of hydrogen-bond donors (Lipinski definition) is 1. The van der Waals surface area contributed by atoms with Gasteiger partial charge in [0.05, 0.1) is 0 Å². The van der Waals surface area contributed by atoms with Gasteiger partial charge in [-0.2, -0.15) is 0 Å². The summed E-state index contributed by atoms with van der Waals surface area (Å²) >= 11 is 0. The smallest absolute Gasteiger partial charge is 0.115 e. The standard InChI is InChI=1S/C19H31NO/c1-15(2)18-5-4-13-20(14-12-18)16(3)6-7-17-8-10-19(21)11-9-17/h8-11,15-16,18,21H,4-7,12-14H2,1-3H3. The second-order valence-electron chi connectivity index (χ2n) is 7.03. The Morgan fingerprint density at radius 3 is 2.48 bits per heavy atom. The minimum absolute atomic E-state index is 0.360. The molecule has 1 aliphatic heterocycles. The first-order valence-corrected chi connectivity index (χ1v) is 8.58. The maximum Gasteiger partial charge on any atom is 0.115 e. The fourth-order valence-electron chi connectivity index (χ4n) is 3.47. The molecule has 1 aromatic carbocycles. The van der Waals surface area contributed by atoms with Gasteiger partial charge in [0, 0.05) is 6.04 Å². The fourth-order valence-corrected chi connectivity index (χ4v) is 3.47. The molecular weight excluding hydrogens is 258 g/mol. The number of benzene rings is 1. The molecule has 1 aromatic rings. The molecule has 21 heavy (non-hydrogen) atoms. The van der Waals surface area contributed by atoms with E-state index in [0.29, 0.717) is 11.8 Å². The molecule has 2 rings (SSSR count). The van der Waals surface area contributed by atoms with Crippen molar-refractivity contribution >= 4 is 0 Å². The lowest BCUT2D eigenvalue weighted by Crippen LogP contribution is -2.34. The second kappa shape index (κ2) is 7.84. The Bertz CT molecular complexity index is 412. The van der Waals surface area contributed by atoms with Crippen LogP contribution in [0.3, 0.4) is 0 Å². The Hall–Kier alpha value is -1.02. The van der Waals surface area contributed by atoms with Gasteiger partial charge in [-0.25, -0.2) is 0 Å². The highest BCUT2D eigenvalue weighted by Crippen LogP contribution is 2.26. The first-order chi connectivity index (χ1) is 10.1. The highest BCUT2D eigenvalue weighted by molar-refractivity contribution is 5.25. The second-order valence-corrected chi connectivity index (χ2v) is 7.03. The van der Waals surface area contributed by atoms with Crippen LogP contribution >= 0.6 is 0 Å². The zero-order valence-corrected chi connectivity index (χ0v) is 13.9. The Morgan fingerprint density at radius 2 is 1.81 bits per heavy atom. The molecule has 0 radical (unpaired) electrons. The summed E-state index contributed by atoms with van der Waals surface area (Å²) in [6.45, 7) is 9.64. The Labute approximate surface area is 130 Å². The van der Waals surface area contributed by atoms with Crippen LogP contribution in [-0.4, -0.2) is 29.1 Å². The van der Waals surface area contributed by atoms with Crippen LogP contribution in [-0.2, 0) is 6.42 Å². The molecule has 1 fully saturated rings. The van der Waals surface area contributed by atoms with Gasteiger partial charge in [-0.1, -0.05) is 26.0 Å². The van der Waals surface area contributed by atoms with Gasteiger partial charge in [0.1, 0.15) is 5.75 Å². The van der Waals surface area contributed by atoms with E-state index in [0.717, 1.165) is 18.3 Å². The van der Waals surface area contributed by atoms with Crippen molar-refractivity contribution in [2.24, 2.45) is 11.8 Å². The molecule has 1 N–H and O–H groups in total. The monoisotopic (exact) mass is 289 g/mol. The summed E-state index contributed by atoms with van der Waals surface area (Å²) in [5, 5.41) is 9.33. The van der Waals surface area contributed by atoms with Gasteiger partial charge in [0.2, 0.25) is 0 Å². The third-order valence-corrected chi connectivity index (χ3v) is 5.16. The highest BCUT2D eigenvalue weighted by atomic mass is 16.3. The summed E-state index contributed by atoms with van der Waals surface area (Å²) in [6.07, 6.45) is 6.43. The number of phenols is 1. The van der Waals surface area contributed by atoms with Crippen LogP contribution in [0.4, 0.5) is 0 Å². The minimum atomic E-state index is 0.360. The molecule has 2 nitrogen and oxygen atoms in total. The normalized spacial score (nSPS) is 22.2. The topological polar surface area (TPSA) is 23.5 Å². The maximum atomic E-state index is 9.33. The highest BCUT2D eigenvalue weighted by Gasteiger charge is 2.22. The largest absolute Gasteiger partial charge is 0.508 e. The molecule has 0 aromatic heterocycles. The average Bonchev–Trinajstić information content (AvgIpc) is 2.72. The van der Waals surface area contributed by atoms with E-state index in [1.165, 1.54) is 44.3 Å². The van der Waals surface area contributed by atoms with E-state index in [4.69, 9.17) is 0 Å². The molecule has 1 saturated heterocycles. The summed E-state index contributed by atoms with van der Waals surface area (Å²) in [5.41, 5.74) is 1.33. The average molecular weight is 289 g/mol. The molecule has 2 unspecified atom stereocenters. The van der Waals surface area contributed by atoms with Gasteiger partial charge in [-0.3, -0.25) is 0 Å². The molecule has 0 amide bonds. The van der Waals surface area contributed by atoms with E-state index in [1.54, 1.807) is 12.1 Å². The zero-order valence-electron chi connectivity index (χ0n) is 13.9. The fraction of sp³-hybridized carbons (Fsp3) is 0.684. The van der Waals surface area contributed by atoms with Crippen LogP contribution in [0.15, 0.2) is 24.3 Å². The molecule has 0 saturated carbocycles. The number of hydrogen-bond acceptors (Lipinski definition) is 2. The van der Waals surface area contributed by atoms with Crippen LogP contribution < -0.4 is 0 Å². The summed E-state index contributed by atoms with van der Waals surface area (Å²) < 4.78 is 0. The molecule has 0 spiro atoms. The summed E-state index contributed by atoms with van der Waals surface area (Å²) in [6, 6.07) is 8.32. The number of aromatic hydroxyl groups is 1.